The molecule has 0 bridgehead atoms. The van der Waals surface area contributed by atoms with Crippen LogP contribution in [-0.4, -0.2) is 25.3 Å². The zero-order valence-electron chi connectivity index (χ0n) is 17.9. The molecule has 4 rings (SSSR count). The molecule has 2 heterocycles. The summed E-state index contributed by atoms with van der Waals surface area (Å²) in [5, 5.41) is 10.5. The van der Waals surface area contributed by atoms with Gasteiger partial charge in [-0.25, -0.2) is 0 Å². The Bertz CT molecular complexity index is 1200. The van der Waals surface area contributed by atoms with E-state index in [1.807, 2.05) is 0 Å². The van der Waals surface area contributed by atoms with E-state index in [2.05, 4.69) is 6.92 Å². The van der Waals surface area contributed by atoms with Gasteiger partial charge in [-0.1, -0.05) is 25.1 Å². The van der Waals surface area contributed by atoms with Crippen LogP contribution in [0.25, 0.3) is 22.1 Å². The standard InChI is InChI=1S/C24H24F3NO4/c1-14-6-5-11-28(12-14)13-17-18(29)10-9-16-21(30)20(15-7-3-4-8-19(15)31-2)23(24(25,26)27)32-22(16)17/h3-4,7-10,14,29H,5-6,11-13H2,1-2H3/p+1/t14-/m0/s1. The van der Waals surface area contributed by atoms with Gasteiger partial charge >= 0.3 is 6.18 Å². The number of methoxy groups -OCH3 is 1. The van der Waals surface area contributed by atoms with Crippen molar-refractivity contribution < 1.29 is 32.3 Å². The molecule has 2 atom stereocenters. The fourth-order valence-corrected chi connectivity index (χ4v) is 4.58. The lowest BCUT2D eigenvalue weighted by molar-refractivity contribution is -0.922. The summed E-state index contributed by atoms with van der Waals surface area (Å²) in [5.74, 6) is -0.959. The maximum Gasteiger partial charge on any atom is 0.450 e. The lowest BCUT2D eigenvalue weighted by Gasteiger charge is -2.28. The predicted octanol–water partition coefficient (Wildman–Crippen LogP) is 4.01. The fraction of sp³-hybridized carbons (Fsp3) is 0.375. The number of hydrogen-bond donors (Lipinski definition) is 2. The number of rotatable bonds is 4. The van der Waals surface area contributed by atoms with Crippen molar-refractivity contribution in [2.24, 2.45) is 5.92 Å². The van der Waals surface area contributed by atoms with Gasteiger partial charge in [0.1, 0.15) is 18.0 Å². The Morgan fingerprint density at radius 2 is 1.97 bits per heavy atom. The molecule has 8 heteroatoms. The molecule has 3 aromatic rings. The third-order valence-electron chi connectivity index (χ3n) is 6.06. The third-order valence-corrected chi connectivity index (χ3v) is 6.06. The number of alkyl halides is 3. The fourth-order valence-electron chi connectivity index (χ4n) is 4.58. The zero-order chi connectivity index (χ0) is 23.0. The second-order valence-corrected chi connectivity index (χ2v) is 8.40. The third kappa shape index (κ3) is 4.07. The molecule has 32 heavy (non-hydrogen) atoms. The van der Waals surface area contributed by atoms with Gasteiger partial charge in [-0.2, -0.15) is 13.2 Å². The Balaban J connectivity index is 1.97. The number of aromatic hydroxyl groups is 1. The quantitative estimate of drug-likeness (QED) is 0.633. The Morgan fingerprint density at radius 1 is 1.22 bits per heavy atom. The number of phenolic OH excluding ortho intramolecular Hbond substituents is 1. The minimum Gasteiger partial charge on any atom is -0.507 e. The van der Waals surface area contributed by atoms with Crippen molar-refractivity contribution in [3.05, 3.63) is 57.9 Å². The highest BCUT2D eigenvalue weighted by Gasteiger charge is 2.40. The number of quaternary nitrogens is 1. The summed E-state index contributed by atoms with van der Waals surface area (Å²) >= 11 is 0. The molecule has 0 spiro atoms. The molecular formula is C24H25F3NO4+. The second-order valence-electron chi connectivity index (χ2n) is 8.40. The van der Waals surface area contributed by atoms with Crippen molar-refractivity contribution in [2.45, 2.75) is 32.5 Å². The molecule has 0 saturated carbocycles. The van der Waals surface area contributed by atoms with Crippen LogP contribution in [0.1, 0.15) is 31.1 Å². The van der Waals surface area contributed by atoms with Crippen LogP contribution in [0.15, 0.2) is 45.6 Å². The average molecular weight is 448 g/mol. The molecule has 1 aliphatic heterocycles. The summed E-state index contributed by atoms with van der Waals surface area (Å²) < 4.78 is 52.9. The average Bonchev–Trinajstić information content (AvgIpc) is 2.75. The molecule has 1 aromatic heterocycles. The zero-order valence-corrected chi connectivity index (χ0v) is 17.9. The molecule has 1 saturated heterocycles. The maximum atomic E-state index is 14.1. The first-order valence-corrected chi connectivity index (χ1v) is 10.6. The number of ether oxygens (including phenoxy) is 1. The number of hydrogen-bond acceptors (Lipinski definition) is 4. The van der Waals surface area contributed by atoms with Crippen LogP contribution >= 0.6 is 0 Å². The van der Waals surface area contributed by atoms with E-state index in [1.54, 1.807) is 6.07 Å². The number of likely N-dealkylation sites (tertiary alicyclic amines) is 1. The van der Waals surface area contributed by atoms with Crippen molar-refractivity contribution >= 4 is 11.0 Å². The molecule has 1 aliphatic rings. The van der Waals surface area contributed by atoms with E-state index in [4.69, 9.17) is 9.15 Å². The van der Waals surface area contributed by atoms with Crippen LogP contribution < -0.4 is 15.1 Å². The lowest BCUT2D eigenvalue weighted by atomic mass is 9.98. The SMILES string of the molecule is COc1ccccc1-c1c(C(F)(F)F)oc2c(C[NH+]3CCC[C@H](C)C3)c(O)ccc2c1=O. The van der Waals surface area contributed by atoms with E-state index in [0.717, 1.165) is 30.8 Å². The number of benzene rings is 2. The van der Waals surface area contributed by atoms with Gasteiger partial charge in [-0.15, -0.1) is 0 Å². The first kappa shape index (κ1) is 22.2. The number of piperidine rings is 1. The van der Waals surface area contributed by atoms with Gasteiger partial charge in [0.2, 0.25) is 11.2 Å². The topological polar surface area (TPSA) is 64.1 Å². The molecule has 170 valence electrons. The highest BCUT2D eigenvalue weighted by molar-refractivity contribution is 5.87. The van der Waals surface area contributed by atoms with Crippen LogP contribution in [0.2, 0.25) is 0 Å². The van der Waals surface area contributed by atoms with Gasteiger partial charge in [0.15, 0.2) is 5.58 Å². The molecule has 2 aromatic carbocycles. The molecule has 5 nitrogen and oxygen atoms in total. The monoisotopic (exact) mass is 448 g/mol. The van der Waals surface area contributed by atoms with Crippen LogP contribution in [-0.2, 0) is 12.7 Å². The molecular weight excluding hydrogens is 423 g/mol. The smallest absolute Gasteiger partial charge is 0.450 e. The molecule has 0 aliphatic carbocycles. The van der Waals surface area contributed by atoms with Crippen molar-refractivity contribution in [3.8, 4) is 22.6 Å². The Morgan fingerprint density at radius 3 is 2.66 bits per heavy atom. The minimum absolute atomic E-state index is 0.00285. The van der Waals surface area contributed by atoms with Crippen molar-refractivity contribution in [1.82, 2.24) is 0 Å². The van der Waals surface area contributed by atoms with Gasteiger partial charge in [0.25, 0.3) is 0 Å². The van der Waals surface area contributed by atoms with Gasteiger partial charge in [-0.3, -0.25) is 4.79 Å². The van der Waals surface area contributed by atoms with Crippen LogP contribution in [0.5, 0.6) is 11.5 Å². The number of para-hydroxylation sites is 1. The minimum atomic E-state index is -4.92. The Hall–Kier alpha value is -3.00. The molecule has 2 N–H and O–H groups in total. The summed E-state index contributed by atoms with van der Waals surface area (Å²) in [6.45, 7) is 4.09. The largest absolute Gasteiger partial charge is 0.507 e. The van der Waals surface area contributed by atoms with E-state index in [9.17, 15) is 23.1 Å². The normalized spacial score (nSPS) is 19.3. The van der Waals surface area contributed by atoms with Gasteiger partial charge < -0.3 is 19.2 Å². The number of fused-ring (bicyclic) bond motifs is 1. The van der Waals surface area contributed by atoms with Crippen molar-refractivity contribution in [3.63, 3.8) is 0 Å². The Kier molecular flexibility index (Phi) is 5.90. The van der Waals surface area contributed by atoms with E-state index < -0.39 is 22.9 Å². The van der Waals surface area contributed by atoms with E-state index in [0.29, 0.717) is 5.92 Å². The molecule has 1 unspecified atom stereocenters. The number of phenols is 1. The molecule has 0 radical (unpaired) electrons. The maximum absolute atomic E-state index is 14.1. The number of nitrogens with one attached hydrogen (secondary N) is 1. The predicted molar refractivity (Wildman–Crippen MR) is 114 cm³/mol. The summed E-state index contributed by atoms with van der Waals surface area (Å²) in [7, 11) is 1.33. The van der Waals surface area contributed by atoms with E-state index in [-0.39, 0.29) is 40.1 Å². The van der Waals surface area contributed by atoms with E-state index in [1.165, 1.54) is 37.4 Å². The first-order chi connectivity index (χ1) is 15.2. The second kappa shape index (κ2) is 8.50. The highest BCUT2D eigenvalue weighted by atomic mass is 19.4. The van der Waals surface area contributed by atoms with Gasteiger partial charge in [-0.05, 0) is 31.0 Å². The van der Waals surface area contributed by atoms with Crippen LogP contribution in [0.3, 0.4) is 0 Å². The Labute approximate surface area is 183 Å². The molecule has 1 fully saturated rings. The summed E-state index contributed by atoms with van der Waals surface area (Å²) in [6.07, 6.45) is -2.82. The van der Waals surface area contributed by atoms with Gasteiger partial charge in [0, 0.05) is 11.5 Å². The summed E-state index contributed by atoms with van der Waals surface area (Å²) in [6, 6.07) is 8.69. The molecule has 0 amide bonds. The van der Waals surface area contributed by atoms with Crippen LogP contribution in [0, 0.1) is 5.92 Å². The van der Waals surface area contributed by atoms with E-state index >= 15 is 0 Å². The summed E-state index contributed by atoms with van der Waals surface area (Å²) in [4.78, 5) is 14.5. The highest BCUT2D eigenvalue weighted by Crippen LogP contribution is 2.41. The number of halogens is 3. The first-order valence-electron chi connectivity index (χ1n) is 10.6. The van der Waals surface area contributed by atoms with Gasteiger partial charge in [0.05, 0.1) is 36.7 Å². The lowest BCUT2D eigenvalue weighted by Crippen LogP contribution is -3.12. The van der Waals surface area contributed by atoms with Crippen molar-refractivity contribution in [1.29, 1.82) is 0 Å². The van der Waals surface area contributed by atoms with Crippen molar-refractivity contribution in [2.75, 3.05) is 20.2 Å². The summed E-state index contributed by atoms with van der Waals surface area (Å²) in [5.41, 5.74) is -1.40. The van der Waals surface area contributed by atoms with Crippen LogP contribution in [0.4, 0.5) is 13.2 Å².